The second-order valence-corrected chi connectivity index (χ2v) is 3.52. The molecule has 1 aliphatic carbocycles. The van der Waals surface area contributed by atoms with Crippen LogP contribution in [0.3, 0.4) is 0 Å². The summed E-state index contributed by atoms with van der Waals surface area (Å²) < 4.78 is 0. The van der Waals surface area contributed by atoms with Crippen molar-refractivity contribution < 1.29 is 14.7 Å². The quantitative estimate of drug-likeness (QED) is 0.637. The van der Waals surface area contributed by atoms with Gasteiger partial charge in [-0.3, -0.25) is 9.59 Å². The van der Waals surface area contributed by atoms with Crippen molar-refractivity contribution in [3.8, 4) is 0 Å². The average molecular weight is 169 g/mol. The summed E-state index contributed by atoms with van der Waals surface area (Å²) >= 11 is 0. The molecular formula is C8H11NO3. The van der Waals surface area contributed by atoms with E-state index in [4.69, 9.17) is 5.11 Å². The lowest BCUT2D eigenvalue weighted by molar-refractivity contribution is -0.141. The molecule has 1 saturated heterocycles. The van der Waals surface area contributed by atoms with Gasteiger partial charge >= 0.3 is 5.97 Å². The summed E-state index contributed by atoms with van der Waals surface area (Å²) in [7, 11) is 0. The Balaban J connectivity index is 2.01. The number of hydrogen-bond donors (Lipinski definition) is 1. The molecule has 0 spiro atoms. The molecule has 0 aromatic heterocycles. The first-order chi connectivity index (χ1) is 5.68. The van der Waals surface area contributed by atoms with Crippen LogP contribution in [0.25, 0.3) is 0 Å². The predicted molar refractivity (Wildman–Crippen MR) is 40.5 cm³/mol. The lowest BCUT2D eigenvalue weighted by atomic mass is 10.1. The van der Waals surface area contributed by atoms with Crippen LogP contribution in [-0.2, 0) is 9.59 Å². The minimum absolute atomic E-state index is 0.0184. The minimum atomic E-state index is -0.841. The predicted octanol–water partition coefficient (Wildman–Crippen LogP) is 0.0819. The van der Waals surface area contributed by atoms with Crippen LogP contribution in [0, 0.1) is 5.92 Å². The summed E-state index contributed by atoms with van der Waals surface area (Å²) in [5.74, 6) is -1.28. The molecule has 2 aliphatic rings. The van der Waals surface area contributed by atoms with Crippen molar-refractivity contribution in [2.24, 2.45) is 5.92 Å². The number of amides is 1. The van der Waals surface area contributed by atoms with Crippen LogP contribution in [0.2, 0.25) is 0 Å². The van der Waals surface area contributed by atoms with Gasteiger partial charge in [-0.1, -0.05) is 0 Å². The van der Waals surface area contributed by atoms with Crippen molar-refractivity contribution in [3.05, 3.63) is 0 Å². The molecule has 0 aromatic rings. The Morgan fingerprint density at radius 2 is 2.17 bits per heavy atom. The van der Waals surface area contributed by atoms with Crippen molar-refractivity contribution >= 4 is 11.9 Å². The van der Waals surface area contributed by atoms with Crippen LogP contribution in [0.4, 0.5) is 0 Å². The van der Waals surface area contributed by atoms with Crippen LogP contribution < -0.4 is 0 Å². The van der Waals surface area contributed by atoms with E-state index >= 15 is 0 Å². The number of likely N-dealkylation sites (tertiary alicyclic amines) is 1. The molecule has 0 radical (unpaired) electrons. The van der Waals surface area contributed by atoms with Gasteiger partial charge in [-0.25, -0.2) is 0 Å². The van der Waals surface area contributed by atoms with E-state index in [2.05, 4.69) is 0 Å². The highest BCUT2D eigenvalue weighted by Gasteiger charge is 2.41. The zero-order valence-corrected chi connectivity index (χ0v) is 6.69. The Morgan fingerprint density at radius 1 is 1.50 bits per heavy atom. The van der Waals surface area contributed by atoms with E-state index in [1.54, 1.807) is 4.90 Å². The zero-order chi connectivity index (χ0) is 8.72. The summed E-state index contributed by atoms with van der Waals surface area (Å²) in [6.07, 6.45) is 2.31. The fourth-order valence-electron chi connectivity index (χ4n) is 1.64. The first-order valence-electron chi connectivity index (χ1n) is 4.21. The molecule has 1 N–H and O–H groups in total. The van der Waals surface area contributed by atoms with E-state index in [1.807, 2.05) is 0 Å². The summed E-state index contributed by atoms with van der Waals surface area (Å²) in [5, 5.41) is 8.67. The molecule has 2 fully saturated rings. The van der Waals surface area contributed by atoms with Crippen molar-refractivity contribution in [1.82, 2.24) is 4.90 Å². The highest BCUT2D eigenvalue weighted by Crippen LogP contribution is 2.32. The molecule has 66 valence electrons. The van der Waals surface area contributed by atoms with Crippen LogP contribution in [0.5, 0.6) is 0 Å². The maximum atomic E-state index is 11.2. The molecule has 1 heterocycles. The number of rotatable bonds is 2. The number of aliphatic carboxylic acids is 1. The molecule has 1 saturated carbocycles. The average Bonchev–Trinajstić information content (AvgIpc) is 2.75. The molecule has 1 atom stereocenters. The van der Waals surface area contributed by atoms with E-state index in [0.717, 1.165) is 12.8 Å². The van der Waals surface area contributed by atoms with Crippen molar-refractivity contribution in [1.29, 1.82) is 0 Å². The van der Waals surface area contributed by atoms with Gasteiger partial charge in [0.25, 0.3) is 0 Å². The molecule has 0 aromatic carbocycles. The van der Waals surface area contributed by atoms with Gasteiger partial charge in [0.1, 0.15) is 0 Å². The lowest BCUT2D eigenvalue weighted by Gasteiger charge is -2.13. The lowest BCUT2D eigenvalue weighted by Crippen LogP contribution is -2.28. The molecular weight excluding hydrogens is 158 g/mol. The molecule has 0 bridgehead atoms. The number of carbonyl (C=O) groups excluding carboxylic acids is 1. The van der Waals surface area contributed by atoms with Crippen molar-refractivity contribution in [2.75, 3.05) is 6.54 Å². The van der Waals surface area contributed by atoms with Gasteiger partial charge in [0, 0.05) is 19.0 Å². The van der Waals surface area contributed by atoms with Crippen LogP contribution in [0.1, 0.15) is 19.3 Å². The number of carboxylic acid groups (broad SMARTS) is 1. The summed E-state index contributed by atoms with van der Waals surface area (Å²) in [5.41, 5.74) is 0. The van der Waals surface area contributed by atoms with E-state index in [9.17, 15) is 9.59 Å². The molecule has 1 aliphatic heterocycles. The first-order valence-corrected chi connectivity index (χ1v) is 4.21. The Labute approximate surface area is 70.2 Å². The van der Waals surface area contributed by atoms with Crippen LogP contribution >= 0.6 is 0 Å². The second kappa shape index (κ2) is 2.47. The SMILES string of the molecule is O=C(O)C1CC(=O)N(C2CC2)C1. The normalized spacial score (nSPS) is 29.5. The van der Waals surface area contributed by atoms with Gasteiger partial charge in [0.05, 0.1) is 5.92 Å². The topological polar surface area (TPSA) is 57.6 Å². The number of hydrogen-bond acceptors (Lipinski definition) is 2. The first kappa shape index (κ1) is 7.58. The Hall–Kier alpha value is -1.06. The highest BCUT2D eigenvalue weighted by atomic mass is 16.4. The summed E-state index contributed by atoms with van der Waals surface area (Å²) in [4.78, 5) is 23.5. The molecule has 4 heteroatoms. The van der Waals surface area contributed by atoms with Crippen molar-refractivity contribution in [3.63, 3.8) is 0 Å². The van der Waals surface area contributed by atoms with Crippen LogP contribution in [0.15, 0.2) is 0 Å². The smallest absolute Gasteiger partial charge is 0.308 e. The van der Waals surface area contributed by atoms with Gasteiger partial charge in [0.15, 0.2) is 0 Å². The third kappa shape index (κ3) is 1.17. The van der Waals surface area contributed by atoms with Gasteiger partial charge in [-0.05, 0) is 12.8 Å². The maximum Gasteiger partial charge on any atom is 0.308 e. The van der Waals surface area contributed by atoms with Gasteiger partial charge in [-0.2, -0.15) is 0 Å². The standard InChI is InChI=1S/C8H11NO3/c10-7-3-5(8(11)12)4-9(7)6-1-2-6/h5-6H,1-4H2,(H,11,12). The fourth-order valence-corrected chi connectivity index (χ4v) is 1.64. The monoisotopic (exact) mass is 169 g/mol. The summed E-state index contributed by atoms with van der Waals surface area (Å²) in [6, 6.07) is 0.363. The second-order valence-electron chi connectivity index (χ2n) is 3.52. The van der Waals surface area contributed by atoms with Gasteiger partial charge in [-0.15, -0.1) is 0 Å². The van der Waals surface area contributed by atoms with Gasteiger partial charge < -0.3 is 10.0 Å². The highest BCUT2D eigenvalue weighted by molar-refractivity contribution is 5.86. The maximum absolute atomic E-state index is 11.2. The van der Waals surface area contributed by atoms with E-state index < -0.39 is 11.9 Å². The molecule has 1 unspecified atom stereocenters. The Morgan fingerprint density at radius 3 is 2.58 bits per heavy atom. The molecule has 4 nitrogen and oxygen atoms in total. The minimum Gasteiger partial charge on any atom is -0.481 e. The Kier molecular flexibility index (Phi) is 1.56. The van der Waals surface area contributed by atoms with Gasteiger partial charge in [0.2, 0.25) is 5.91 Å². The molecule has 2 rings (SSSR count). The summed E-state index contributed by atoms with van der Waals surface area (Å²) in [6.45, 7) is 0.429. The van der Waals surface area contributed by atoms with E-state index in [1.165, 1.54) is 0 Å². The van der Waals surface area contributed by atoms with Crippen molar-refractivity contribution in [2.45, 2.75) is 25.3 Å². The van der Waals surface area contributed by atoms with Crippen LogP contribution in [-0.4, -0.2) is 34.5 Å². The van der Waals surface area contributed by atoms with E-state index in [-0.39, 0.29) is 12.3 Å². The molecule has 1 amide bonds. The Bertz CT molecular complexity index is 234. The zero-order valence-electron chi connectivity index (χ0n) is 6.69. The number of carboxylic acids is 1. The number of nitrogens with zero attached hydrogens (tertiary/aromatic N) is 1. The third-order valence-electron chi connectivity index (χ3n) is 2.50. The molecule has 12 heavy (non-hydrogen) atoms. The van der Waals surface area contributed by atoms with E-state index in [0.29, 0.717) is 12.6 Å². The number of carbonyl (C=O) groups is 2. The fraction of sp³-hybridized carbons (Fsp3) is 0.750. The third-order valence-corrected chi connectivity index (χ3v) is 2.50. The largest absolute Gasteiger partial charge is 0.481 e.